The van der Waals surface area contributed by atoms with Crippen LogP contribution in [0, 0.1) is 0 Å². The fourth-order valence-electron chi connectivity index (χ4n) is 5.90. The first-order valence-corrected chi connectivity index (χ1v) is 23.9. The summed E-state index contributed by atoms with van der Waals surface area (Å²) in [6.45, 7) is 0.220. The minimum Gasteiger partial charge on any atom is -0.408 e. The van der Waals surface area contributed by atoms with Crippen LogP contribution >= 0.6 is 38.1 Å². The predicted octanol–water partition coefficient (Wildman–Crippen LogP) is 3.80. The number of rotatable bonds is 4. The second kappa shape index (κ2) is 13.2. The van der Waals surface area contributed by atoms with Crippen molar-refractivity contribution in [2.75, 3.05) is 18.9 Å². The maximum absolute atomic E-state index is 16.3. The van der Waals surface area contributed by atoms with Gasteiger partial charge in [0.05, 0.1) is 37.5 Å². The van der Waals surface area contributed by atoms with Crippen LogP contribution in [0.15, 0.2) is 29.8 Å². The lowest BCUT2D eigenvalue weighted by molar-refractivity contribution is -0.0454. The number of nitrogen functional groups attached to an aromatic ring is 1. The van der Waals surface area contributed by atoms with Gasteiger partial charge in [0.1, 0.15) is 48.5 Å². The van der Waals surface area contributed by atoms with Crippen LogP contribution in [0.5, 0.6) is 0 Å². The van der Waals surface area contributed by atoms with Crippen molar-refractivity contribution in [2.24, 2.45) is 0 Å². The highest BCUT2D eigenvalue weighted by molar-refractivity contribution is 8.44. The van der Waals surface area contributed by atoms with Gasteiger partial charge >= 0.3 is 19.3 Å². The molecular formula is C26H36FN9O10P2S2Si. The molecule has 0 amide bonds. The van der Waals surface area contributed by atoms with Crippen LogP contribution in [-0.4, -0.2) is 97.6 Å². The SMILES string of the molecule is CC(C)(C)[Si](C)(C)OC1[C@H]2OP(=O)(S)OC[C@H]3O[C@@H](n4cnc5c(N)ncnc54)[C@H](F)[C@@H]3OP(=O)(S)OC[C@H]1O[C@H]2c1cnn2c(=O)[nH]ncc12. The lowest BCUT2D eigenvalue weighted by Crippen LogP contribution is -2.50. The van der Waals surface area contributed by atoms with Gasteiger partial charge in [-0.1, -0.05) is 45.3 Å². The normalized spacial score (nSPS) is 35.4. The van der Waals surface area contributed by atoms with Crippen LogP contribution < -0.4 is 11.4 Å². The Labute approximate surface area is 300 Å². The molecule has 10 atom stereocenters. The molecule has 4 aromatic heterocycles. The minimum absolute atomic E-state index is 0.0638. The standard InChI is InChI=1S/C26H36FN9O10P2S2Si/c1-26(2,3)51(4,5)46-20-15-9-41-47(38,49)44-19-14(43-24(16(19)27)35-11-31-17-22(28)29-10-30-23(17)35)8-40-48(39,50)45-21(20)18(42-15)12-6-33-36-13(12)7-32-34-25(36)37/h6-7,10-11,14-16,18-21,24H,8-9H2,1-5H3,(H,34,37)(H,38,49)(H,39,50)(H2,28,29,30)/t14-,15-,16-,18+,19-,20?,21+,24-,47?,48?/m1/s1. The highest BCUT2D eigenvalue weighted by atomic mass is 32.7. The summed E-state index contributed by atoms with van der Waals surface area (Å²) in [5.41, 5.74) is 6.27. The Morgan fingerprint density at radius 3 is 2.43 bits per heavy atom. The van der Waals surface area contributed by atoms with Gasteiger partial charge in [-0.3, -0.25) is 22.7 Å². The Bertz CT molecular complexity index is 2120. The van der Waals surface area contributed by atoms with Crippen LogP contribution in [0.4, 0.5) is 10.2 Å². The van der Waals surface area contributed by atoms with Crippen molar-refractivity contribution in [3.8, 4) is 0 Å². The number of imidazole rings is 1. The van der Waals surface area contributed by atoms with E-state index >= 15 is 4.39 Å². The van der Waals surface area contributed by atoms with Crippen molar-refractivity contribution in [2.45, 2.75) is 87.9 Å². The van der Waals surface area contributed by atoms with Crippen molar-refractivity contribution in [1.82, 2.24) is 39.3 Å². The number of nitrogens with zero attached hydrogens (tertiary/aromatic N) is 7. The Balaban J connectivity index is 1.26. The van der Waals surface area contributed by atoms with Crippen LogP contribution in [0.1, 0.15) is 38.7 Å². The summed E-state index contributed by atoms with van der Waals surface area (Å²) >= 11 is 8.47. The zero-order valence-corrected chi connectivity index (χ0v) is 32.4. The molecule has 4 aromatic rings. The summed E-state index contributed by atoms with van der Waals surface area (Å²) in [6, 6.07) is 0. The molecule has 278 valence electrons. The number of aromatic nitrogens is 8. The Morgan fingerprint density at radius 2 is 1.73 bits per heavy atom. The van der Waals surface area contributed by atoms with Crippen molar-refractivity contribution in [1.29, 1.82) is 0 Å². The highest BCUT2D eigenvalue weighted by Crippen LogP contribution is 2.61. The molecule has 25 heteroatoms. The molecule has 3 fully saturated rings. The van der Waals surface area contributed by atoms with Gasteiger partial charge in [0.25, 0.3) is 0 Å². The third kappa shape index (κ3) is 6.96. The monoisotopic (exact) mass is 807 g/mol. The average Bonchev–Trinajstić information content (AvgIpc) is 3.80. The largest absolute Gasteiger partial charge is 0.408 e. The number of hydrogen-bond donors (Lipinski definition) is 4. The molecule has 7 rings (SSSR count). The molecule has 3 unspecified atom stereocenters. The first kappa shape index (κ1) is 37.1. The third-order valence-corrected chi connectivity index (χ3v) is 17.2. The number of hydrogen-bond acceptors (Lipinski definition) is 16. The first-order chi connectivity index (χ1) is 23.9. The second-order valence-electron chi connectivity index (χ2n) is 13.8. The average molecular weight is 808 g/mol. The number of anilines is 1. The van der Waals surface area contributed by atoms with Crippen molar-refractivity contribution < 1.29 is 45.5 Å². The number of aromatic amines is 1. The quantitative estimate of drug-likeness (QED) is 0.131. The van der Waals surface area contributed by atoms with E-state index in [-0.39, 0.29) is 27.5 Å². The van der Waals surface area contributed by atoms with Crippen molar-refractivity contribution >= 4 is 68.9 Å². The summed E-state index contributed by atoms with van der Waals surface area (Å²) in [5.74, 6) is 0.0638. The van der Waals surface area contributed by atoms with E-state index in [0.29, 0.717) is 5.56 Å². The molecule has 7 heterocycles. The van der Waals surface area contributed by atoms with Crippen molar-refractivity contribution in [3.63, 3.8) is 0 Å². The molecule has 0 aliphatic carbocycles. The summed E-state index contributed by atoms with van der Waals surface area (Å²) in [4.78, 5) is 24.7. The topological polar surface area (TPSA) is 231 Å². The van der Waals surface area contributed by atoms with Crippen molar-refractivity contribution in [3.05, 3.63) is 41.1 Å². The molecule has 0 spiro atoms. The van der Waals surface area contributed by atoms with Gasteiger partial charge in [-0.15, -0.1) is 0 Å². The van der Waals surface area contributed by atoms with E-state index in [1.54, 1.807) is 0 Å². The van der Waals surface area contributed by atoms with Gasteiger partial charge < -0.3 is 19.6 Å². The summed E-state index contributed by atoms with van der Waals surface area (Å²) in [5, 5.41) is 10.0. The van der Waals surface area contributed by atoms with Crippen LogP contribution in [0.25, 0.3) is 16.7 Å². The zero-order chi connectivity index (χ0) is 36.7. The molecule has 2 bridgehead atoms. The molecule has 3 saturated heterocycles. The van der Waals surface area contributed by atoms with E-state index in [4.69, 9.17) is 37.7 Å². The number of halogens is 1. The Morgan fingerprint density at radius 1 is 1.04 bits per heavy atom. The summed E-state index contributed by atoms with van der Waals surface area (Å²) in [7, 11) is -2.65. The van der Waals surface area contributed by atoms with Gasteiger partial charge in [-0.05, 0) is 18.1 Å². The van der Waals surface area contributed by atoms with E-state index in [2.05, 4.69) is 54.7 Å². The number of ether oxygens (including phenoxy) is 2. The fourth-order valence-corrected chi connectivity index (χ4v) is 10.2. The summed E-state index contributed by atoms with van der Waals surface area (Å²) in [6.07, 6.45) is -5.57. The molecule has 0 radical (unpaired) electrons. The zero-order valence-electron chi connectivity index (χ0n) is 27.8. The fraction of sp³-hybridized carbons (Fsp3) is 0.615. The van der Waals surface area contributed by atoms with Gasteiger partial charge in [0, 0.05) is 5.56 Å². The van der Waals surface area contributed by atoms with E-state index in [0.717, 1.165) is 4.52 Å². The molecule has 3 aliphatic heterocycles. The second-order valence-corrected chi connectivity index (χ2v) is 24.3. The minimum atomic E-state index is -4.40. The van der Waals surface area contributed by atoms with Crippen LogP contribution in [-0.2, 0) is 41.1 Å². The molecule has 0 saturated carbocycles. The molecular weight excluding hydrogens is 772 g/mol. The van der Waals surface area contributed by atoms with Gasteiger partial charge in [-0.2, -0.15) is 14.7 Å². The molecule has 3 N–H and O–H groups in total. The number of H-pyrrole nitrogens is 1. The lowest BCUT2D eigenvalue weighted by atomic mass is 10.0. The maximum Gasteiger partial charge on any atom is 0.386 e. The molecule has 3 aliphatic rings. The van der Waals surface area contributed by atoms with E-state index in [1.165, 1.54) is 29.6 Å². The molecule has 19 nitrogen and oxygen atoms in total. The maximum atomic E-state index is 16.3. The van der Waals surface area contributed by atoms with E-state index in [9.17, 15) is 13.9 Å². The predicted molar refractivity (Wildman–Crippen MR) is 187 cm³/mol. The van der Waals surface area contributed by atoms with E-state index in [1.807, 2.05) is 33.9 Å². The van der Waals surface area contributed by atoms with Crippen LogP contribution in [0.2, 0.25) is 18.1 Å². The first-order valence-electron chi connectivity index (χ1n) is 15.6. The Kier molecular flexibility index (Phi) is 9.62. The van der Waals surface area contributed by atoms with Gasteiger partial charge in [0.2, 0.25) is 0 Å². The number of fused-ring (bicyclic) bond motifs is 5. The third-order valence-electron chi connectivity index (χ3n) is 9.47. The van der Waals surface area contributed by atoms with Gasteiger partial charge in [-0.25, -0.2) is 38.4 Å². The molecule has 0 aromatic carbocycles. The Hall–Kier alpha value is -2.27. The summed E-state index contributed by atoms with van der Waals surface area (Å²) < 4.78 is 89.2. The van der Waals surface area contributed by atoms with E-state index < -0.39 is 89.8 Å². The lowest BCUT2D eigenvalue weighted by Gasteiger charge is -2.40. The molecule has 51 heavy (non-hydrogen) atoms. The number of nitrogens with one attached hydrogen (secondary N) is 1. The van der Waals surface area contributed by atoms with Crippen LogP contribution in [0.3, 0.4) is 0 Å². The van der Waals surface area contributed by atoms with Gasteiger partial charge in [0.15, 0.2) is 32.2 Å². The number of thiol groups is 2. The smallest absolute Gasteiger partial charge is 0.386 e. The number of alkyl halides is 1. The number of nitrogens with two attached hydrogens (primary N) is 1. The highest BCUT2D eigenvalue weighted by Gasteiger charge is 2.56.